The maximum Gasteiger partial charge on any atom is 0.224 e. The second-order valence-electron chi connectivity index (χ2n) is 5.93. The second kappa shape index (κ2) is 8.47. The molecule has 0 saturated heterocycles. The average molecular weight is 381 g/mol. The van der Waals surface area contributed by atoms with E-state index in [4.69, 9.17) is 11.6 Å². The summed E-state index contributed by atoms with van der Waals surface area (Å²) in [5.41, 5.74) is 1.70. The molecule has 0 aliphatic heterocycles. The van der Waals surface area contributed by atoms with Crippen LogP contribution in [0.4, 0.5) is 0 Å². The van der Waals surface area contributed by atoms with Gasteiger partial charge >= 0.3 is 0 Å². The lowest BCUT2D eigenvalue weighted by Crippen LogP contribution is -2.34. The van der Waals surface area contributed by atoms with Crippen LogP contribution in [0.2, 0.25) is 5.02 Å². The van der Waals surface area contributed by atoms with Crippen molar-refractivity contribution in [1.82, 2.24) is 9.62 Å². The number of sulfonamides is 1. The molecule has 0 heterocycles. The summed E-state index contributed by atoms with van der Waals surface area (Å²) in [4.78, 5) is 14.1. The zero-order chi connectivity index (χ0) is 18.4. The molecule has 0 bridgehead atoms. The van der Waals surface area contributed by atoms with E-state index >= 15 is 0 Å². The molecule has 1 N–H and O–H groups in total. The number of amides is 1. The highest BCUT2D eigenvalue weighted by Crippen LogP contribution is 2.21. The summed E-state index contributed by atoms with van der Waals surface area (Å²) >= 11 is 5.88. The summed E-state index contributed by atoms with van der Waals surface area (Å²) in [5.74, 6) is -0.153. The fraction of sp³-hybridized carbons (Fsp3) is 0.278. The Kier molecular flexibility index (Phi) is 6.58. The Hall–Kier alpha value is -1.89. The number of carbonyl (C=O) groups excluding carboxylic acids is 1. The molecule has 5 nitrogen and oxygen atoms in total. The summed E-state index contributed by atoms with van der Waals surface area (Å²) in [7, 11) is -1.76. The van der Waals surface area contributed by atoms with Crippen molar-refractivity contribution in [3.8, 4) is 0 Å². The minimum Gasteiger partial charge on any atom is -0.341 e. The molecule has 2 aromatic carbocycles. The maximum absolute atomic E-state index is 12.5. The number of nitrogens with zero attached hydrogens (tertiary/aromatic N) is 1. The fourth-order valence-corrected chi connectivity index (χ4v) is 3.32. The van der Waals surface area contributed by atoms with Gasteiger partial charge in [-0.15, -0.1) is 0 Å². The first-order valence-corrected chi connectivity index (χ1v) is 10.0. The first-order valence-electron chi connectivity index (χ1n) is 7.75. The average Bonchev–Trinajstić information content (AvgIpc) is 2.54. The van der Waals surface area contributed by atoms with Crippen LogP contribution in [0.3, 0.4) is 0 Å². The van der Waals surface area contributed by atoms with Gasteiger partial charge in [0, 0.05) is 25.0 Å². The number of halogens is 1. The Morgan fingerprint density at radius 3 is 2.28 bits per heavy atom. The lowest BCUT2D eigenvalue weighted by atomic mass is 10.0. The van der Waals surface area contributed by atoms with Crippen LogP contribution in [-0.2, 0) is 21.4 Å². The van der Waals surface area contributed by atoms with Gasteiger partial charge in [-0.2, -0.15) is 0 Å². The highest BCUT2D eigenvalue weighted by molar-refractivity contribution is 7.88. The van der Waals surface area contributed by atoms with E-state index in [1.807, 2.05) is 30.3 Å². The molecule has 0 aliphatic rings. The minimum absolute atomic E-state index is 0.0258. The number of nitrogens with one attached hydrogen (secondary N) is 1. The van der Waals surface area contributed by atoms with Crippen molar-refractivity contribution in [3.63, 3.8) is 0 Å². The third-order valence-electron chi connectivity index (χ3n) is 3.70. The first-order chi connectivity index (χ1) is 11.7. The Morgan fingerprint density at radius 1 is 1.12 bits per heavy atom. The van der Waals surface area contributed by atoms with Gasteiger partial charge in [0.05, 0.1) is 12.3 Å². The van der Waals surface area contributed by atoms with E-state index in [1.54, 1.807) is 36.2 Å². The first kappa shape index (κ1) is 19.4. The summed E-state index contributed by atoms with van der Waals surface area (Å²) in [6.45, 7) is 0.464. The number of carbonyl (C=O) groups is 1. The van der Waals surface area contributed by atoms with E-state index in [2.05, 4.69) is 4.72 Å². The van der Waals surface area contributed by atoms with Crippen LogP contribution in [0.15, 0.2) is 54.6 Å². The Bertz CT molecular complexity index is 808. The summed E-state index contributed by atoms with van der Waals surface area (Å²) in [6.07, 6.45) is 1.10. The molecule has 134 valence electrons. The van der Waals surface area contributed by atoms with Crippen molar-refractivity contribution in [2.45, 2.75) is 19.0 Å². The van der Waals surface area contributed by atoms with Gasteiger partial charge in [0.15, 0.2) is 0 Å². The van der Waals surface area contributed by atoms with Crippen molar-refractivity contribution < 1.29 is 13.2 Å². The zero-order valence-electron chi connectivity index (χ0n) is 14.1. The van der Waals surface area contributed by atoms with E-state index in [1.165, 1.54) is 0 Å². The van der Waals surface area contributed by atoms with E-state index in [-0.39, 0.29) is 12.3 Å². The van der Waals surface area contributed by atoms with Gasteiger partial charge in [-0.05, 0) is 23.3 Å². The molecule has 2 aromatic rings. The Morgan fingerprint density at radius 2 is 1.72 bits per heavy atom. The highest BCUT2D eigenvalue weighted by atomic mass is 35.5. The molecular formula is C18H21ClN2O3S. The van der Waals surface area contributed by atoms with Crippen LogP contribution >= 0.6 is 11.6 Å². The van der Waals surface area contributed by atoms with Gasteiger partial charge in [0.1, 0.15) is 0 Å². The predicted molar refractivity (Wildman–Crippen MR) is 99.7 cm³/mol. The molecule has 2 rings (SSSR count). The smallest absolute Gasteiger partial charge is 0.224 e. The molecule has 7 heteroatoms. The lowest BCUT2D eigenvalue weighted by molar-refractivity contribution is -0.130. The molecule has 0 aliphatic carbocycles. The molecule has 1 unspecified atom stereocenters. The third kappa shape index (κ3) is 6.49. The van der Waals surface area contributed by atoms with Crippen LogP contribution < -0.4 is 4.72 Å². The van der Waals surface area contributed by atoms with E-state index in [9.17, 15) is 13.2 Å². The van der Waals surface area contributed by atoms with E-state index < -0.39 is 16.1 Å². The molecular weight excluding hydrogens is 360 g/mol. The lowest BCUT2D eigenvalue weighted by Gasteiger charge is -2.22. The number of hydrogen-bond donors (Lipinski definition) is 1. The molecule has 0 saturated carbocycles. The van der Waals surface area contributed by atoms with Gasteiger partial charge in [0.25, 0.3) is 0 Å². The number of benzene rings is 2. The molecule has 1 amide bonds. The van der Waals surface area contributed by atoms with Crippen LogP contribution in [-0.4, -0.2) is 32.5 Å². The topological polar surface area (TPSA) is 66.5 Å². The van der Waals surface area contributed by atoms with Crippen LogP contribution in [0, 0.1) is 0 Å². The Labute approximate surface area is 153 Å². The predicted octanol–water partition coefficient (Wildman–Crippen LogP) is 2.98. The molecule has 25 heavy (non-hydrogen) atoms. The SMILES string of the molecule is CN(Cc1ccccc1)C(=O)CC(NS(C)(=O)=O)c1ccc(Cl)cc1. The Balaban J connectivity index is 2.12. The van der Waals surface area contributed by atoms with E-state index in [0.717, 1.165) is 11.8 Å². The summed E-state index contributed by atoms with van der Waals surface area (Å²) in [5, 5.41) is 0.550. The molecule has 0 spiro atoms. The minimum atomic E-state index is -3.47. The fourth-order valence-electron chi connectivity index (χ4n) is 2.46. The molecule has 0 aromatic heterocycles. The van der Waals surface area contributed by atoms with Gasteiger partial charge < -0.3 is 4.90 Å². The van der Waals surface area contributed by atoms with Crippen molar-refractivity contribution in [2.75, 3.05) is 13.3 Å². The van der Waals surface area contributed by atoms with Crippen LogP contribution in [0.1, 0.15) is 23.6 Å². The van der Waals surface area contributed by atoms with Crippen molar-refractivity contribution in [3.05, 3.63) is 70.7 Å². The highest BCUT2D eigenvalue weighted by Gasteiger charge is 2.21. The van der Waals surface area contributed by atoms with Gasteiger partial charge in [0.2, 0.25) is 15.9 Å². The van der Waals surface area contributed by atoms with Gasteiger partial charge in [-0.3, -0.25) is 4.79 Å². The zero-order valence-corrected chi connectivity index (χ0v) is 15.7. The monoisotopic (exact) mass is 380 g/mol. The molecule has 0 fully saturated rings. The number of hydrogen-bond acceptors (Lipinski definition) is 3. The van der Waals surface area contributed by atoms with Crippen molar-refractivity contribution >= 4 is 27.5 Å². The second-order valence-corrected chi connectivity index (χ2v) is 8.15. The van der Waals surface area contributed by atoms with Crippen LogP contribution in [0.25, 0.3) is 0 Å². The standard InChI is InChI=1S/C18H21ClN2O3S/c1-21(13-14-6-4-3-5-7-14)18(22)12-17(20-25(2,23)24)15-8-10-16(19)11-9-15/h3-11,17,20H,12-13H2,1-2H3. The van der Waals surface area contributed by atoms with Crippen molar-refractivity contribution in [2.24, 2.45) is 0 Å². The number of rotatable bonds is 7. The summed E-state index contributed by atoms with van der Waals surface area (Å²) in [6, 6.07) is 15.8. The van der Waals surface area contributed by atoms with Gasteiger partial charge in [-0.1, -0.05) is 54.1 Å². The molecule has 1 atom stereocenters. The molecule has 0 radical (unpaired) electrons. The van der Waals surface area contributed by atoms with Crippen LogP contribution in [0.5, 0.6) is 0 Å². The van der Waals surface area contributed by atoms with Gasteiger partial charge in [-0.25, -0.2) is 13.1 Å². The van der Waals surface area contributed by atoms with E-state index in [0.29, 0.717) is 17.1 Å². The van der Waals surface area contributed by atoms with Crippen molar-refractivity contribution in [1.29, 1.82) is 0 Å². The largest absolute Gasteiger partial charge is 0.341 e. The maximum atomic E-state index is 12.5. The summed E-state index contributed by atoms with van der Waals surface area (Å²) < 4.78 is 25.8. The quantitative estimate of drug-likeness (QED) is 0.803. The third-order valence-corrected chi connectivity index (χ3v) is 4.66. The normalized spacial score (nSPS) is 12.6.